The molecule has 1 aliphatic rings. The third kappa shape index (κ3) is 3.75. The average molecular weight is 385 g/mol. The van der Waals surface area contributed by atoms with Crippen LogP contribution >= 0.6 is 28.3 Å². The van der Waals surface area contributed by atoms with Crippen LogP contribution in [0, 0.1) is 0 Å². The highest BCUT2D eigenvalue weighted by Crippen LogP contribution is 2.32. The topological polar surface area (TPSA) is 30.5 Å². The van der Waals surface area contributed by atoms with E-state index in [1.165, 1.54) is 11.1 Å². The van der Waals surface area contributed by atoms with Crippen molar-refractivity contribution in [1.82, 2.24) is 5.32 Å². The summed E-state index contributed by atoms with van der Waals surface area (Å²) in [5, 5.41) is 3.62. The van der Waals surface area contributed by atoms with Crippen LogP contribution < -0.4 is 14.8 Å². The monoisotopic (exact) mass is 383 g/mol. The second-order valence-corrected chi connectivity index (χ2v) is 5.93. The third-order valence-corrected chi connectivity index (χ3v) is 4.35. The zero-order chi connectivity index (χ0) is 14.7. The van der Waals surface area contributed by atoms with Crippen molar-refractivity contribution in [3.05, 3.63) is 58.1 Å². The molecule has 1 heterocycles. The molecule has 1 atom stereocenters. The van der Waals surface area contributed by atoms with Gasteiger partial charge in [0.25, 0.3) is 0 Å². The van der Waals surface area contributed by atoms with Crippen LogP contribution in [0.2, 0.25) is 0 Å². The summed E-state index contributed by atoms with van der Waals surface area (Å²) in [5.41, 5.74) is 2.47. The van der Waals surface area contributed by atoms with Gasteiger partial charge in [-0.15, -0.1) is 12.4 Å². The maximum atomic E-state index is 5.69. The summed E-state index contributed by atoms with van der Waals surface area (Å²) in [5.74, 6) is 1.85. The Balaban J connectivity index is 0.00000176. The van der Waals surface area contributed by atoms with E-state index in [1.807, 2.05) is 18.2 Å². The largest absolute Gasteiger partial charge is 0.496 e. The normalized spacial score (nSPS) is 16.2. The Morgan fingerprint density at radius 3 is 2.86 bits per heavy atom. The number of para-hydroxylation sites is 1. The number of hydrogen-bond acceptors (Lipinski definition) is 3. The SMILES string of the molecule is COc1ccc(CNC2CCOc3ccccc32)cc1Br.Cl. The fraction of sp³-hybridized carbons (Fsp3) is 0.294. The van der Waals surface area contributed by atoms with Crippen LogP contribution in [-0.2, 0) is 6.54 Å². The zero-order valence-electron chi connectivity index (χ0n) is 12.3. The van der Waals surface area contributed by atoms with Crippen molar-refractivity contribution in [2.75, 3.05) is 13.7 Å². The van der Waals surface area contributed by atoms with Gasteiger partial charge in [0.05, 0.1) is 18.2 Å². The third-order valence-electron chi connectivity index (χ3n) is 3.73. The van der Waals surface area contributed by atoms with E-state index in [1.54, 1.807) is 7.11 Å². The summed E-state index contributed by atoms with van der Waals surface area (Å²) in [6.45, 7) is 1.59. The second-order valence-electron chi connectivity index (χ2n) is 5.08. The zero-order valence-corrected chi connectivity index (χ0v) is 14.7. The fourth-order valence-electron chi connectivity index (χ4n) is 2.62. The molecule has 0 aromatic heterocycles. The van der Waals surface area contributed by atoms with E-state index in [4.69, 9.17) is 9.47 Å². The molecule has 0 bridgehead atoms. The highest BCUT2D eigenvalue weighted by molar-refractivity contribution is 9.10. The standard InChI is InChI=1S/C17H18BrNO2.ClH/c1-20-17-7-6-12(10-14(17)18)11-19-15-8-9-21-16-5-3-2-4-13(15)16;/h2-7,10,15,19H,8-9,11H2,1H3;1H. The number of ether oxygens (including phenoxy) is 2. The maximum Gasteiger partial charge on any atom is 0.133 e. The lowest BCUT2D eigenvalue weighted by Crippen LogP contribution is -2.26. The van der Waals surface area contributed by atoms with E-state index in [0.29, 0.717) is 6.04 Å². The predicted molar refractivity (Wildman–Crippen MR) is 94.1 cm³/mol. The molecule has 3 rings (SSSR count). The molecule has 0 radical (unpaired) electrons. The highest BCUT2D eigenvalue weighted by atomic mass is 79.9. The minimum atomic E-state index is 0. The smallest absolute Gasteiger partial charge is 0.133 e. The van der Waals surface area contributed by atoms with Gasteiger partial charge in [-0.25, -0.2) is 0 Å². The van der Waals surface area contributed by atoms with Gasteiger partial charge >= 0.3 is 0 Å². The molecule has 0 amide bonds. The Kier molecular flexibility index (Phi) is 6.12. The Morgan fingerprint density at radius 1 is 1.27 bits per heavy atom. The van der Waals surface area contributed by atoms with Crippen LogP contribution in [0.5, 0.6) is 11.5 Å². The summed E-state index contributed by atoms with van der Waals surface area (Å²) in [4.78, 5) is 0. The van der Waals surface area contributed by atoms with E-state index >= 15 is 0 Å². The molecular weight excluding hydrogens is 366 g/mol. The number of fused-ring (bicyclic) bond motifs is 1. The summed E-state index contributed by atoms with van der Waals surface area (Å²) in [6.07, 6.45) is 0.994. The maximum absolute atomic E-state index is 5.69. The minimum Gasteiger partial charge on any atom is -0.496 e. The molecule has 0 fully saturated rings. The number of rotatable bonds is 4. The molecule has 2 aromatic carbocycles. The van der Waals surface area contributed by atoms with Crippen LogP contribution in [-0.4, -0.2) is 13.7 Å². The van der Waals surface area contributed by atoms with Crippen LogP contribution in [0.4, 0.5) is 0 Å². The van der Waals surface area contributed by atoms with Crippen molar-refractivity contribution < 1.29 is 9.47 Å². The molecule has 0 aliphatic carbocycles. The molecule has 22 heavy (non-hydrogen) atoms. The molecule has 118 valence electrons. The molecule has 1 N–H and O–H groups in total. The van der Waals surface area contributed by atoms with Gasteiger partial charge in [0.1, 0.15) is 11.5 Å². The van der Waals surface area contributed by atoms with Gasteiger partial charge in [-0.3, -0.25) is 0 Å². The first kappa shape index (κ1) is 17.1. The van der Waals surface area contributed by atoms with Crippen LogP contribution in [0.1, 0.15) is 23.6 Å². The number of halogens is 2. The van der Waals surface area contributed by atoms with Crippen molar-refractivity contribution >= 4 is 28.3 Å². The van der Waals surface area contributed by atoms with Gasteiger partial charge in [0, 0.05) is 24.6 Å². The van der Waals surface area contributed by atoms with Gasteiger partial charge in [-0.2, -0.15) is 0 Å². The lowest BCUT2D eigenvalue weighted by atomic mass is 10.0. The lowest BCUT2D eigenvalue weighted by molar-refractivity contribution is 0.252. The van der Waals surface area contributed by atoms with Crippen molar-refractivity contribution in [2.45, 2.75) is 19.0 Å². The van der Waals surface area contributed by atoms with Gasteiger partial charge in [-0.1, -0.05) is 24.3 Å². The predicted octanol–water partition coefficient (Wildman–Crippen LogP) is 4.49. The van der Waals surface area contributed by atoms with E-state index < -0.39 is 0 Å². The van der Waals surface area contributed by atoms with Gasteiger partial charge in [-0.05, 0) is 39.7 Å². The van der Waals surface area contributed by atoms with E-state index in [-0.39, 0.29) is 12.4 Å². The van der Waals surface area contributed by atoms with Crippen molar-refractivity contribution in [3.63, 3.8) is 0 Å². The molecule has 0 saturated carbocycles. The molecule has 0 spiro atoms. The second kappa shape index (κ2) is 7.86. The fourth-order valence-corrected chi connectivity index (χ4v) is 3.20. The molecule has 1 unspecified atom stereocenters. The van der Waals surface area contributed by atoms with Crippen LogP contribution in [0.15, 0.2) is 46.9 Å². The highest BCUT2D eigenvalue weighted by Gasteiger charge is 2.20. The van der Waals surface area contributed by atoms with Gasteiger partial charge in [0.2, 0.25) is 0 Å². The number of nitrogens with one attached hydrogen (secondary N) is 1. The number of benzene rings is 2. The van der Waals surface area contributed by atoms with E-state index in [0.717, 1.165) is 35.5 Å². The Hall–Kier alpha value is -1.23. The Labute approximate surface area is 145 Å². The first-order valence-corrected chi connectivity index (χ1v) is 7.85. The van der Waals surface area contributed by atoms with E-state index in [9.17, 15) is 0 Å². The molecule has 1 aliphatic heterocycles. The van der Waals surface area contributed by atoms with Gasteiger partial charge in [0.15, 0.2) is 0 Å². The molecule has 2 aromatic rings. The Bertz CT molecular complexity index is 636. The molecule has 3 nitrogen and oxygen atoms in total. The van der Waals surface area contributed by atoms with Gasteiger partial charge < -0.3 is 14.8 Å². The van der Waals surface area contributed by atoms with E-state index in [2.05, 4.69) is 45.5 Å². The quantitative estimate of drug-likeness (QED) is 0.842. The molecule has 5 heteroatoms. The summed E-state index contributed by atoms with van der Waals surface area (Å²) < 4.78 is 11.9. The van der Waals surface area contributed by atoms with Crippen LogP contribution in [0.3, 0.4) is 0 Å². The molecule has 0 saturated heterocycles. The minimum absolute atomic E-state index is 0. The number of hydrogen-bond donors (Lipinski definition) is 1. The summed E-state index contributed by atoms with van der Waals surface area (Å²) >= 11 is 3.53. The van der Waals surface area contributed by atoms with Crippen LogP contribution in [0.25, 0.3) is 0 Å². The van der Waals surface area contributed by atoms with Crippen molar-refractivity contribution in [1.29, 1.82) is 0 Å². The lowest BCUT2D eigenvalue weighted by Gasteiger charge is -2.26. The first-order valence-electron chi connectivity index (χ1n) is 7.05. The number of methoxy groups -OCH3 is 1. The summed E-state index contributed by atoms with van der Waals surface area (Å²) in [7, 11) is 1.68. The summed E-state index contributed by atoms with van der Waals surface area (Å²) in [6, 6.07) is 14.8. The average Bonchev–Trinajstić information content (AvgIpc) is 2.53. The first-order chi connectivity index (χ1) is 10.3. The molecular formula is C17H19BrClNO2. The van der Waals surface area contributed by atoms with Crippen molar-refractivity contribution in [2.24, 2.45) is 0 Å². The van der Waals surface area contributed by atoms with Crippen molar-refractivity contribution in [3.8, 4) is 11.5 Å². The Morgan fingerprint density at radius 2 is 2.09 bits per heavy atom.